The lowest BCUT2D eigenvalue weighted by atomic mass is 9.89. The minimum atomic E-state index is 0.835. The molecule has 2 heteroatoms. The highest BCUT2D eigenvalue weighted by Crippen LogP contribution is 2.25. The summed E-state index contributed by atoms with van der Waals surface area (Å²) in [5.41, 5.74) is 3.73. The Kier molecular flexibility index (Phi) is 4.39. The van der Waals surface area contributed by atoms with E-state index < -0.39 is 0 Å². The first kappa shape index (κ1) is 13.7. The Morgan fingerprint density at radius 2 is 1.85 bits per heavy atom. The van der Waals surface area contributed by atoms with E-state index in [0.29, 0.717) is 0 Å². The molecule has 0 atom stereocenters. The number of rotatable bonds is 3. The summed E-state index contributed by atoms with van der Waals surface area (Å²) in [4.78, 5) is 8.32. The first-order chi connectivity index (χ1) is 9.85. The van der Waals surface area contributed by atoms with Gasteiger partial charge in [0.1, 0.15) is 5.82 Å². The molecular formula is C18H26N2. The van der Waals surface area contributed by atoms with E-state index in [0.717, 1.165) is 24.3 Å². The average Bonchev–Trinajstić information content (AvgIpc) is 2.82. The van der Waals surface area contributed by atoms with Crippen molar-refractivity contribution in [3.05, 3.63) is 29.6 Å². The van der Waals surface area contributed by atoms with Gasteiger partial charge >= 0.3 is 0 Å². The molecule has 1 aromatic heterocycles. The minimum absolute atomic E-state index is 0.835. The minimum Gasteiger partial charge on any atom is -0.342 e. The Morgan fingerprint density at radius 3 is 2.60 bits per heavy atom. The zero-order valence-corrected chi connectivity index (χ0v) is 12.6. The fraction of sp³-hybridized carbons (Fsp3) is 0.611. The zero-order chi connectivity index (χ0) is 13.8. The summed E-state index contributed by atoms with van der Waals surface area (Å²) in [5.74, 6) is 2.03. The molecule has 0 aliphatic heterocycles. The van der Waals surface area contributed by atoms with E-state index in [1.165, 1.54) is 61.9 Å². The van der Waals surface area contributed by atoms with Crippen LogP contribution in [-0.4, -0.2) is 9.97 Å². The number of fused-ring (bicyclic) bond motifs is 1. The van der Waals surface area contributed by atoms with Crippen molar-refractivity contribution in [1.82, 2.24) is 9.97 Å². The molecule has 0 spiro atoms. The fourth-order valence-electron chi connectivity index (χ4n) is 3.44. The van der Waals surface area contributed by atoms with Crippen molar-refractivity contribution in [2.75, 3.05) is 0 Å². The Bertz CT molecular complexity index is 548. The van der Waals surface area contributed by atoms with Gasteiger partial charge in [-0.3, -0.25) is 0 Å². The highest BCUT2D eigenvalue weighted by atomic mass is 14.9. The third kappa shape index (κ3) is 3.23. The Morgan fingerprint density at radius 1 is 1.10 bits per heavy atom. The van der Waals surface area contributed by atoms with Crippen LogP contribution in [0.3, 0.4) is 0 Å². The van der Waals surface area contributed by atoms with Crippen molar-refractivity contribution in [2.24, 2.45) is 5.92 Å². The number of aromatic amines is 1. The number of H-pyrrole nitrogens is 1. The number of imidazole rings is 1. The van der Waals surface area contributed by atoms with Crippen molar-refractivity contribution in [3.63, 3.8) is 0 Å². The van der Waals surface area contributed by atoms with Crippen molar-refractivity contribution < 1.29 is 0 Å². The predicted molar refractivity (Wildman–Crippen MR) is 85.0 cm³/mol. The van der Waals surface area contributed by atoms with Crippen LogP contribution in [0.1, 0.15) is 63.3 Å². The van der Waals surface area contributed by atoms with Crippen molar-refractivity contribution in [1.29, 1.82) is 0 Å². The summed E-state index contributed by atoms with van der Waals surface area (Å²) in [6, 6.07) is 6.61. The van der Waals surface area contributed by atoms with E-state index in [4.69, 9.17) is 4.98 Å². The number of hydrogen-bond acceptors (Lipinski definition) is 1. The molecule has 1 aliphatic carbocycles. The maximum atomic E-state index is 4.78. The quantitative estimate of drug-likeness (QED) is 0.832. The SMILES string of the molecule is CCc1ccc2nc(CC3CCCCCCC3)[nH]c2c1. The highest BCUT2D eigenvalue weighted by molar-refractivity contribution is 5.75. The van der Waals surface area contributed by atoms with Crippen LogP contribution in [-0.2, 0) is 12.8 Å². The molecule has 2 aromatic rings. The summed E-state index contributed by atoms with van der Waals surface area (Å²) < 4.78 is 0. The molecule has 1 aromatic carbocycles. The second-order valence-electron chi connectivity index (χ2n) is 6.30. The molecular weight excluding hydrogens is 244 g/mol. The maximum Gasteiger partial charge on any atom is 0.107 e. The van der Waals surface area contributed by atoms with Gasteiger partial charge in [0.25, 0.3) is 0 Å². The largest absolute Gasteiger partial charge is 0.342 e. The first-order valence-electron chi connectivity index (χ1n) is 8.32. The molecule has 3 rings (SSSR count). The van der Waals surface area contributed by atoms with E-state index >= 15 is 0 Å². The third-order valence-corrected chi connectivity index (χ3v) is 4.71. The molecule has 108 valence electrons. The molecule has 1 N–H and O–H groups in total. The van der Waals surface area contributed by atoms with Gasteiger partial charge in [0.15, 0.2) is 0 Å². The van der Waals surface area contributed by atoms with Crippen molar-refractivity contribution >= 4 is 11.0 Å². The van der Waals surface area contributed by atoms with Gasteiger partial charge in [0.05, 0.1) is 11.0 Å². The average molecular weight is 270 g/mol. The summed E-state index contributed by atoms with van der Waals surface area (Å²) in [6.07, 6.45) is 12.1. The summed E-state index contributed by atoms with van der Waals surface area (Å²) >= 11 is 0. The summed E-state index contributed by atoms with van der Waals surface area (Å²) in [7, 11) is 0. The fourth-order valence-corrected chi connectivity index (χ4v) is 3.44. The van der Waals surface area contributed by atoms with Gasteiger partial charge < -0.3 is 4.98 Å². The van der Waals surface area contributed by atoms with Crippen LogP contribution < -0.4 is 0 Å². The van der Waals surface area contributed by atoms with Crippen LogP contribution in [0.4, 0.5) is 0 Å². The summed E-state index contributed by atoms with van der Waals surface area (Å²) in [6.45, 7) is 2.20. The number of aromatic nitrogens is 2. The number of hydrogen-bond donors (Lipinski definition) is 1. The zero-order valence-electron chi connectivity index (χ0n) is 12.6. The smallest absolute Gasteiger partial charge is 0.107 e. The van der Waals surface area contributed by atoms with E-state index in [-0.39, 0.29) is 0 Å². The van der Waals surface area contributed by atoms with Gasteiger partial charge in [-0.1, -0.05) is 57.9 Å². The molecule has 0 amide bonds. The van der Waals surface area contributed by atoms with Gasteiger partial charge in [-0.2, -0.15) is 0 Å². The lowest BCUT2D eigenvalue weighted by Crippen LogP contribution is -2.08. The number of aryl methyl sites for hydroxylation is 1. The topological polar surface area (TPSA) is 28.7 Å². The number of nitrogens with zero attached hydrogens (tertiary/aromatic N) is 1. The van der Waals surface area contributed by atoms with Crippen LogP contribution in [0.2, 0.25) is 0 Å². The van der Waals surface area contributed by atoms with Crippen molar-refractivity contribution in [3.8, 4) is 0 Å². The Hall–Kier alpha value is -1.31. The van der Waals surface area contributed by atoms with Gasteiger partial charge in [-0.15, -0.1) is 0 Å². The lowest BCUT2D eigenvalue weighted by molar-refractivity contribution is 0.372. The van der Waals surface area contributed by atoms with Crippen LogP contribution in [0.25, 0.3) is 11.0 Å². The third-order valence-electron chi connectivity index (χ3n) is 4.71. The normalized spacial score (nSPS) is 18.1. The molecule has 0 radical (unpaired) electrons. The Balaban J connectivity index is 1.72. The lowest BCUT2D eigenvalue weighted by Gasteiger charge is -2.18. The molecule has 2 nitrogen and oxygen atoms in total. The standard InChI is InChI=1S/C18H26N2/c1-2-14-10-11-16-17(12-14)20-18(19-16)13-15-8-6-4-3-5-7-9-15/h10-12,15H,2-9,13H2,1H3,(H,19,20). The Labute approximate surface area is 122 Å². The van der Waals surface area contributed by atoms with Gasteiger partial charge in [-0.05, 0) is 30.0 Å². The van der Waals surface area contributed by atoms with Crippen LogP contribution in [0.15, 0.2) is 18.2 Å². The molecule has 0 saturated heterocycles. The predicted octanol–water partition coefficient (Wildman–Crippen LogP) is 5.03. The van der Waals surface area contributed by atoms with Crippen molar-refractivity contribution in [2.45, 2.75) is 64.7 Å². The van der Waals surface area contributed by atoms with E-state index in [1.54, 1.807) is 0 Å². The second kappa shape index (κ2) is 6.43. The van der Waals surface area contributed by atoms with Gasteiger partial charge in [0.2, 0.25) is 0 Å². The molecule has 1 fully saturated rings. The number of nitrogens with one attached hydrogen (secondary N) is 1. The molecule has 1 saturated carbocycles. The second-order valence-corrected chi connectivity index (χ2v) is 6.30. The molecule has 0 bridgehead atoms. The maximum absolute atomic E-state index is 4.78. The van der Waals surface area contributed by atoms with E-state index in [1.807, 2.05) is 0 Å². The molecule has 1 aliphatic rings. The molecule has 1 heterocycles. The number of benzene rings is 1. The van der Waals surface area contributed by atoms with E-state index in [9.17, 15) is 0 Å². The highest BCUT2D eigenvalue weighted by Gasteiger charge is 2.14. The monoisotopic (exact) mass is 270 g/mol. The van der Waals surface area contributed by atoms with Crippen LogP contribution in [0, 0.1) is 5.92 Å². The molecule has 20 heavy (non-hydrogen) atoms. The molecule has 0 unspecified atom stereocenters. The first-order valence-corrected chi connectivity index (χ1v) is 8.32. The van der Waals surface area contributed by atoms with Gasteiger partial charge in [0, 0.05) is 6.42 Å². The van der Waals surface area contributed by atoms with Crippen LogP contribution in [0.5, 0.6) is 0 Å². The summed E-state index contributed by atoms with van der Waals surface area (Å²) in [5, 5.41) is 0. The van der Waals surface area contributed by atoms with Crippen LogP contribution >= 0.6 is 0 Å². The van der Waals surface area contributed by atoms with E-state index in [2.05, 4.69) is 30.1 Å². The van der Waals surface area contributed by atoms with Gasteiger partial charge in [-0.25, -0.2) is 4.98 Å².